The van der Waals surface area contributed by atoms with Crippen LogP contribution in [0.4, 0.5) is 0 Å². The first-order valence-electron chi connectivity index (χ1n) is 8.97. The monoisotopic (exact) mass is 368 g/mol. The first kappa shape index (κ1) is 16.4. The molecule has 0 unspecified atom stereocenters. The minimum absolute atomic E-state index is 0.242. The van der Waals surface area contributed by atoms with Gasteiger partial charge in [0.1, 0.15) is 11.3 Å². The second kappa shape index (κ2) is 6.13. The number of nitrogens with zero attached hydrogens (tertiary/aromatic N) is 4. The summed E-state index contributed by atoms with van der Waals surface area (Å²) < 4.78 is 2.06. The molecule has 6 heteroatoms. The second-order valence-corrected chi connectivity index (χ2v) is 6.77. The quantitative estimate of drug-likeness (QED) is 0.519. The molecular weight excluding hydrogens is 352 g/mol. The van der Waals surface area contributed by atoms with E-state index >= 15 is 0 Å². The van der Waals surface area contributed by atoms with Crippen molar-refractivity contribution in [3.05, 3.63) is 89.5 Å². The molecule has 0 spiro atoms. The van der Waals surface area contributed by atoms with E-state index in [1.165, 1.54) is 4.90 Å². The number of hydrogen-bond acceptors (Lipinski definition) is 4. The molecule has 1 aliphatic heterocycles. The van der Waals surface area contributed by atoms with E-state index in [1.807, 2.05) is 37.3 Å². The predicted octanol–water partition coefficient (Wildman–Crippen LogP) is 3.53. The molecule has 2 amide bonds. The molecule has 0 radical (unpaired) electrons. The first-order valence-corrected chi connectivity index (χ1v) is 8.97. The largest absolute Gasteiger partial charge is 0.296 e. The second-order valence-electron chi connectivity index (χ2n) is 6.77. The van der Waals surface area contributed by atoms with Crippen LogP contribution in [0, 0.1) is 6.92 Å². The maximum absolute atomic E-state index is 12.5. The highest BCUT2D eigenvalue weighted by molar-refractivity contribution is 6.21. The molecule has 0 saturated carbocycles. The lowest BCUT2D eigenvalue weighted by Crippen LogP contribution is -2.29. The van der Waals surface area contributed by atoms with Crippen molar-refractivity contribution in [3.8, 4) is 5.69 Å². The third-order valence-electron chi connectivity index (χ3n) is 5.04. The maximum atomic E-state index is 12.5. The number of aromatic nitrogens is 3. The van der Waals surface area contributed by atoms with Crippen LogP contribution in [-0.2, 0) is 6.54 Å². The number of fused-ring (bicyclic) bond motifs is 2. The van der Waals surface area contributed by atoms with Gasteiger partial charge < -0.3 is 0 Å². The lowest BCUT2D eigenvalue weighted by molar-refractivity contribution is 0.0642. The Labute approximate surface area is 161 Å². The van der Waals surface area contributed by atoms with E-state index in [4.69, 9.17) is 0 Å². The fourth-order valence-electron chi connectivity index (χ4n) is 3.69. The van der Waals surface area contributed by atoms with Gasteiger partial charge in [0.15, 0.2) is 0 Å². The standard InChI is InChI=1S/C22H16N4O2/c1-14-24-19-12-23-11-10-20(19)26(14)16-8-6-15(7-9-16)13-25-21(27)17-4-2-3-5-18(17)22(25)28/h2-12H,13H2,1H3. The highest BCUT2D eigenvalue weighted by atomic mass is 16.2. The number of amides is 2. The number of pyridine rings is 1. The van der Waals surface area contributed by atoms with Crippen LogP contribution < -0.4 is 0 Å². The minimum Gasteiger partial charge on any atom is -0.296 e. The average Bonchev–Trinajstić information content (AvgIpc) is 3.18. The third-order valence-corrected chi connectivity index (χ3v) is 5.04. The topological polar surface area (TPSA) is 68.1 Å². The summed E-state index contributed by atoms with van der Waals surface area (Å²) in [6.07, 6.45) is 3.49. The van der Waals surface area contributed by atoms with Crippen LogP contribution in [-0.4, -0.2) is 31.2 Å². The molecule has 0 fully saturated rings. The van der Waals surface area contributed by atoms with Gasteiger partial charge >= 0.3 is 0 Å². The van der Waals surface area contributed by atoms with Crippen molar-refractivity contribution in [1.29, 1.82) is 0 Å². The first-order chi connectivity index (χ1) is 13.6. The number of benzene rings is 2. The van der Waals surface area contributed by atoms with E-state index in [2.05, 4.69) is 14.5 Å². The summed E-state index contributed by atoms with van der Waals surface area (Å²) in [4.78, 5) is 35.0. The van der Waals surface area contributed by atoms with E-state index in [0.29, 0.717) is 11.1 Å². The Bertz CT molecular complexity index is 1210. The fraction of sp³-hybridized carbons (Fsp3) is 0.0909. The summed E-state index contributed by atoms with van der Waals surface area (Å²) in [5.41, 5.74) is 4.63. The zero-order chi connectivity index (χ0) is 19.3. The van der Waals surface area contributed by atoms with Crippen molar-refractivity contribution in [2.24, 2.45) is 0 Å². The Balaban J connectivity index is 1.44. The van der Waals surface area contributed by atoms with E-state index < -0.39 is 0 Å². The van der Waals surface area contributed by atoms with E-state index in [0.717, 1.165) is 28.1 Å². The van der Waals surface area contributed by atoms with E-state index in [9.17, 15) is 9.59 Å². The summed E-state index contributed by atoms with van der Waals surface area (Å²) in [5, 5.41) is 0. The molecule has 6 nitrogen and oxygen atoms in total. The number of carbonyl (C=O) groups excluding carboxylic acids is 2. The molecule has 2 aromatic heterocycles. The van der Waals surface area contributed by atoms with Crippen LogP contribution in [0.1, 0.15) is 32.1 Å². The van der Waals surface area contributed by atoms with Crippen LogP contribution in [0.15, 0.2) is 67.0 Å². The Hall–Kier alpha value is -3.80. The van der Waals surface area contributed by atoms with Gasteiger partial charge in [-0.3, -0.25) is 24.0 Å². The van der Waals surface area contributed by atoms with Gasteiger partial charge in [-0.15, -0.1) is 0 Å². The Morgan fingerprint density at radius 2 is 1.57 bits per heavy atom. The summed E-state index contributed by atoms with van der Waals surface area (Å²) in [6, 6.07) is 16.7. The molecule has 5 rings (SSSR count). The third kappa shape index (κ3) is 2.42. The van der Waals surface area contributed by atoms with Gasteiger partial charge in [0, 0.05) is 11.9 Å². The van der Waals surface area contributed by atoms with Crippen LogP contribution in [0.2, 0.25) is 0 Å². The molecule has 0 aliphatic carbocycles. The van der Waals surface area contributed by atoms with Gasteiger partial charge in [-0.2, -0.15) is 0 Å². The molecule has 1 aliphatic rings. The molecule has 2 aromatic carbocycles. The number of carbonyl (C=O) groups is 2. The zero-order valence-corrected chi connectivity index (χ0v) is 15.2. The van der Waals surface area contributed by atoms with E-state index in [-0.39, 0.29) is 18.4 Å². The molecule has 4 aromatic rings. The fourth-order valence-corrected chi connectivity index (χ4v) is 3.69. The summed E-state index contributed by atoms with van der Waals surface area (Å²) in [7, 11) is 0. The highest BCUT2D eigenvalue weighted by Crippen LogP contribution is 2.25. The van der Waals surface area contributed by atoms with Crippen molar-refractivity contribution in [2.45, 2.75) is 13.5 Å². The molecule has 0 bridgehead atoms. The minimum atomic E-state index is -0.242. The number of imide groups is 1. The molecule has 3 heterocycles. The lowest BCUT2D eigenvalue weighted by atomic mass is 10.1. The van der Waals surface area contributed by atoms with Crippen molar-refractivity contribution in [1.82, 2.24) is 19.4 Å². The molecule has 0 N–H and O–H groups in total. The van der Waals surface area contributed by atoms with Gasteiger partial charge in [-0.1, -0.05) is 24.3 Å². The van der Waals surface area contributed by atoms with Crippen LogP contribution in [0.5, 0.6) is 0 Å². The van der Waals surface area contributed by atoms with Gasteiger partial charge in [-0.25, -0.2) is 4.98 Å². The molecule has 136 valence electrons. The summed E-state index contributed by atoms with van der Waals surface area (Å²) in [5.74, 6) is 0.387. The highest BCUT2D eigenvalue weighted by Gasteiger charge is 2.34. The number of imidazole rings is 1. The molecule has 28 heavy (non-hydrogen) atoms. The average molecular weight is 368 g/mol. The number of aryl methyl sites for hydroxylation is 1. The smallest absolute Gasteiger partial charge is 0.261 e. The molecule has 0 atom stereocenters. The van der Waals surface area contributed by atoms with Gasteiger partial charge in [0.25, 0.3) is 11.8 Å². The summed E-state index contributed by atoms with van der Waals surface area (Å²) in [6.45, 7) is 2.20. The van der Waals surface area contributed by atoms with Crippen molar-refractivity contribution < 1.29 is 9.59 Å². The normalized spacial score (nSPS) is 13.4. The van der Waals surface area contributed by atoms with Crippen molar-refractivity contribution in [2.75, 3.05) is 0 Å². The Kier molecular flexibility index (Phi) is 3.58. The predicted molar refractivity (Wildman–Crippen MR) is 104 cm³/mol. The number of hydrogen-bond donors (Lipinski definition) is 0. The van der Waals surface area contributed by atoms with Crippen molar-refractivity contribution in [3.63, 3.8) is 0 Å². The van der Waals surface area contributed by atoms with Crippen LogP contribution in [0.3, 0.4) is 0 Å². The van der Waals surface area contributed by atoms with Gasteiger partial charge in [-0.05, 0) is 42.8 Å². The Morgan fingerprint density at radius 1 is 0.893 bits per heavy atom. The van der Waals surface area contributed by atoms with Crippen LogP contribution in [0.25, 0.3) is 16.7 Å². The number of rotatable bonds is 3. The lowest BCUT2D eigenvalue weighted by Gasteiger charge is -2.14. The van der Waals surface area contributed by atoms with Gasteiger partial charge in [0.2, 0.25) is 0 Å². The van der Waals surface area contributed by atoms with Crippen LogP contribution >= 0.6 is 0 Å². The SMILES string of the molecule is Cc1nc2cnccc2n1-c1ccc(CN2C(=O)c3ccccc3C2=O)cc1. The molecular formula is C22H16N4O2. The van der Waals surface area contributed by atoms with Crippen molar-refractivity contribution >= 4 is 22.8 Å². The molecule has 0 saturated heterocycles. The Morgan fingerprint density at radius 3 is 2.25 bits per heavy atom. The maximum Gasteiger partial charge on any atom is 0.261 e. The zero-order valence-electron chi connectivity index (χ0n) is 15.2. The van der Waals surface area contributed by atoms with E-state index in [1.54, 1.807) is 36.7 Å². The summed E-state index contributed by atoms with van der Waals surface area (Å²) >= 11 is 0. The van der Waals surface area contributed by atoms with Gasteiger partial charge in [0.05, 0.1) is 29.4 Å².